The lowest BCUT2D eigenvalue weighted by atomic mass is 10.2. The molecule has 0 radical (unpaired) electrons. The van der Waals surface area contributed by atoms with Gasteiger partial charge in [-0.15, -0.1) is 0 Å². The number of aromatic nitrogens is 2. The van der Waals surface area contributed by atoms with Gasteiger partial charge in [-0.2, -0.15) is 0 Å². The van der Waals surface area contributed by atoms with E-state index in [2.05, 4.69) is 9.55 Å². The van der Waals surface area contributed by atoms with Crippen molar-refractivity contribution in [3.05, 3.63) is 36.7 Å². The Morgan fingerprint density at radius 1 is 1.26 bits per heavy atom. The maximum atomic E-state index is 5.64. The molecule has 2 N–H and O–H groups in total. The molecule has 0 fully saturated rings. The lowest BCUT2D eigenvalue weighted by Crippen LogP contribution is -2.06. The molecule has 0 aliphatic rings. The minimum Gasteiger partial charge on any atom is -0.491 e. The molecule has 0 amide bonds. The number of nitrogens with zero attached hydrogens (tertiary/aromatic N) is 2. The van der Waals surface area contributed by atoms with Gasteiger partial charge in [-0.25, -0.2) is 4.98 Å². The molecule has 0 saturated heterocycles. The molecule has 102 valence electrons. The van der Waals surface area contributed by atoms with Gasteiger partial charge in [-0.3, -0.25) is 0 Å². The van der Waals surface area contributed by atoms with Crippen molar-refractivity contribution < 1.29 is 4.74 Å². The van der Waals surface area contributed by atoms with Crippen LogP contribution in [-0.4, -0.2) is 22.2 Å². The highest BCUT2D eigenvalue weighted by Crippen LogP contribution is 2.21. The Balaban J connectivity index is 2.15. The molecule has 0 spiro atoms. The van der Waals surface area contributed by atoms with Gasteiger partial charge in [0, 0.05) is 24.5 Å². The van der Waals surface area contributed by atoms with Crippen LogP contribution in [0.5, 0.6) is 5.75 Å². The van der Waals surface area contributed by atoms with Crippen molar-refractivity contribution in [2.24, 2.45) is 5.73 Å². The predicted molar refractivity (Wildman–Crippen MR) is 77.1 cm³/mol. The lowest BCUT2D eigenvalue weighted by molar-refractivity contribution is 0.242. The molecule has 0 saturated carbocycles. The fourth-order valence-corrected chi connectivity index (χ4v) is 1.97. The first-order valence-corrected chi connectivity index (χ1v) is 6.69. The van der Waals surface area contributed by atoms with Gasteiger partial charge in [0.2, 0.25) is 0 Å². The molecule has 2 rings (SSSR count). The van der Waals surface area contributed by atoms with E-state index >= 15 is 0 Å². The fraction of sp³-hybridized carbons (Fsp3) is 0.400. The molecule has 0 unspecified atom stereocenters. The molecular weight excluding hydrogens is 238 g/mol. The molecule has 19 heavy (non-hydrogen) atoms. The van der Waals surface area contributed by atoms with Crippen LogP contribution in [0.1, 0.15) is 20.3 Å². The minimum absolute atomic E-state index is 0.192. The molecule has 0 atom stereocenters. The first-order valence-electron chi connectivity index (χ1n) is 6.69. The molecular formula is C15H21N3O. The zero-order valence-electron chi connectivity index (χ0n) is 11.5. The maximum Gasteiger partial charge on any atom is 0.139 e. The van der Waals surface area contributed by atoms with E-state index in [-0.39, 0.29) is 6.10 Å². The first kappa shape index (κ1) is 13.6. The maximum absolute atomic E-state index is 5.64. The SMILES string of the molecule is CC(C)Oc1ccc(-c2nccn2CCCN)cc1. The van der Waals surface area contributed by atoms with E-state index in [1.807, 2.05) is 50.5 Å². The van der Waals surface area contributed by atoms with E-state index in [1.54, 1.807) is 0 Å². The number of imidazole rings is 1. The summed E-state index contributed by atoms with van der Waals surface area (Å²) in [4.78, 5) is 4.41. The first-order chi connectivity index (χ1) is 9.20. The van der Waals surface area contributed by atoms with E-state index in [0.717, 1.165) is 30.1 Å². The van der Waals surface area contributed by atoms with Crippen LogP contribution >= 0.6 is 0 Å². The second-order valence-electron chi connectivity index (χ2n) is 4.78. The van der Waals surface area contributed by atoms with Crippen molar-refractivity contribution in [2.45, 2.75) is 32.9 Å². The summed E-state index contributed by atoms with van der Waals surface area (Å²) in [5, 5.41) is 0. The monoisotopic (exact) mass is 259 g/mol. The summed E-state index contributed by atoms with van der Waals surface area (Å²) in [5.41, 5.74) is 6.65. The highest BCUT2D eigenvalue weighted by Gasteiger charge is 2.06. The summed E-state index contributed by atoms with van der Waals surface area (Å²) in [6.07, 6.45) is 4.96. The Labute approximate surface area is 114 Å². The van der Waals surface area contributed by atoms with Gasteiger partial charge < -0.3 is 15.0 Å². The Bertz CT molecular complexity index is 502. The van der Waals surface area contributed by atoms with Crippen LogP contribution in [0, 0.1) is 0 Å². The standard InChI is InChI=1S/C15H21N3O/c1-12(2)19-14-6-4-13(5-7-14)15-17-9-11-18(15)10-3-8-16/h4-7,9,11-12H,3,8,10,16H2,1-2H3. The second-order valence-corrected chi connectivity index (χ2v) is 4.78. The van der Waals surface area contributed by atoms with E-state index in [1.165, 1.54) is 0 Å². The van der Waals surface area contributed by atoms with Crippen molar-refractivity contribution in [3.63, 3.8) is 0 Å². The molecule has 0 aliphatic carbocycles. The van der Waals surface area contributed by atoms with Crippen LogP contribution < -0.4 is 10.5 Å². The fourth-order valence-electron chi connectivity index (χ4n) is 1.97. The molecule has 1 aromatic carbocycles. The number of hydrogen-bond acceptors (Lipinski definition) is 3. The zero-order chi connectivity index (χ0) is 13.7. The van der Waals surface area contributed by atoms with Gasteiger partial charge in [-0.1, -0.05) is 0 Å². The summed E-state index contributed by atoms with van der Waals surface area (Å²) in [5.74, 6) is 1.86. The lowest BCUT2D eigenvalue weighted by Gasteiger charge is -2.11. The van der Waals surface area contributed by atoms with Gasteiger partial charge in [0.25, 0.3) is 0 Å². The second kappa shape index (κ2) is 6.38. The number of nitrogens with two attached hydrogens (primary N) is 1. The molecule has 0 aliphatic heterocycles. The van der Waals surface area contributed by atoms with Gasteiger partial charge in [-0.05, 0) is 51.1 Å². The largest absolute Gasteiger partial charge is 0.491 e. The van der Waals surface area contributed by atoms with Gasteiger partial charge in [0.05, 0.1) is 6.10 Å². The Morgan fingerprint density at radius 3 is 2.63 bits per heavy atom. The summed E-state index contributed by atoms with van der Waals surface area (Å²) < 4.78 is 7.77. The predicted octanol–water partition coefficient (Wildman–Crippen LogP) is 2.69. The Morgan fingerprint density at radius 2 is 2.00 bits per heavy atom. The minimum atomic E-state index is 0.192. The number of rotatable bonds is 6. The normalized spacial score (nSPS) is 10.9. The van der Waals surface area contributed by atoms with Gasteiger partial charge in [0.15, 0.2) is 0 Å². The van der Waals surface area contributed by atoms with Crippen LogP contribution in [0.3, 0.4) is 0 Å². The highest BCUT2D eigenvalue weighted by molar-refractivity contribution is 5.56. The van der Waals surface area contributed by atoms with Crippen molar-refractivity contribution in [1.29, 1.82) is 0 Å². The van der Waals surface area contributed by atoms with E-state index in [4.69, 9.17) is 10.5 Å². The third-order valence-electron chi connectivity index (χ3n) is 2.80. The van der Waals surface area contributed by atoms with E-state index in [9.17, 15) is 0 Å². The quantitative estimate of drug-likeness (QED) is 0.867. The zero-order valence-corrected chi connectivity index (χ0v) is 11.5. The summed E-state index contributed by atoms with van der Waals surface area (Å²) >= 11 is 0. The summed E-state index contributed by atoms with van der Waals surface area (Å²) in [6, 6.07) is 8.05. The number of aryl methyl sites for hydroxylation is 1. The van der Waals surface area contributed by atoms with Crippen LogP contribution in [0.15, 0.2) is 36.7 Å². The number of ether oxygens (including phenoxy) is 1. The number of hydrogen-bond donors (Lipinski definition) is 1. The molecule has 0 bridgehead atoms. The topological polar surface area (TPSA) is 53.1 Å². The van der Waals surface area contributed by atoms with Crippen LogP contribution in [-0.2, 0) is 6.54 Å². The average Bonchev–Trinajstić information content (AvgIpc) is 2.85. The van der Waals surface area contributed by atoms with Crippen molar-refractivity contribution in [2.75, 3.05) is 6.54 Å². The van der Waals surface area contributed by atoms with Crippen molar-refractivity contribution in [1.82, 2.24) is 9.55 Å². The molecule has 2 aromatic rings. The van der Waals surface area contributed by atoms with Crippen LogP contribution in [0.4, 0.5) is 0 Å². The van der Waals surface area contributed by atoms with Gasteiger partial charge in [0.1, 0.15) is 11.6 Å². The van der Waals surface area contributed by atoms with E-state index < -0.39 is 0 Å². The third-order valence-corrected chi connectivity index (χ3v) is 2.80. The van der Waals surface area contributed by atoms with Crippen LogP contribution in [0.2, 0.25) is 0 Å². The molecule has 4 heteroatoms. The van der Waals surface area contributed by atoms with Crippen LogP contribution in [0.25, 0.3) is 11.4 Å². The number of benzene rings is 1. The molecule has 1 heterocycles. The summed E-state index contributed by atoms with van der Waals surface area (Å²) in [7, 11) is 0. The smallest absolute Gasteiger partial charge is 0.139 e. The third kappa shape index (κ3) is 3.58. The van der Waals surface area contributed by atoms with Gasteiger partial charge >= 0.3 is 0 Å². The Kier molecular flexibility index (Phi) is 4.58. The molecule has 4 nitrogen and oxygen atoms in total. The van der Waals surface area contributed by atoms with E-state index in [0.29, 0.717) is 6.54 Å². The van der Waals surface area contributed by atoms with Crippen molar-refractivity contribution in [3.8, 4) is 17.1 Å². The highest BCUT2D eigenvalue weighted by atomic mass is 16.5. The average molecular weight is 259 g/mol. The van der Waals surface area contributed by atoms with Crippen molar-refractivity contribution >= 4 is 0 Å². The molecule has 1 aromatic heterocycles. The Hall–Kier alpha value is -1.81. The summed E-state index contributed by atoms with van der Waals surface area (Å²) in [6.45, 7) is 5.63.